The lowest BCUT2D eigenvalue weighted by Gasteiger charge is -2.30. The van der Waals surface area contributed by atoms with Crippen LogP contribution in [0.5, 0.6) is 0 Å². The van der Waals surface area contributed by atoms with Gasteiger partial charge in [-0.3, -0.25) is 9.59 Å². The Labute approximate surface area is 168 Å². The number of ether oxygens (including phenoxy) is 1. The largest absolute Gasteiger partial charge is 0.464 e. The highest BCUT2D eigenvalue weighted by atomic mass is 33.1. The summed E-state index contributed by atoms with van der Waals surface area (Å²) in [6.07, 6.45) is 0.333. The Morgan fingerprint density at radius 1 is 1.30 bits per heavy atom. The molecule has 148 valence electrons. The van der Waals surface area contributed by atoms with Gasteiger partial charge in [-0.25, -0.2) is 4.79 Å². The lowest BCUT2D eigenvalue weighted by molar-refractivity contribution is -0.147. The van der Waals surface area contributed by atoms with E-state index in [9.17, 15) is 14.4 Å². The van der Waals surface area contributed by atoms with Crippen molar-refractivity contribution < 1.29 is 19.1 Å². The number of rotatable bonds is 6. The molecule has 0 saturated carbocycles. The Bertz CT molecular complexity index is 667. The summed E-state index contributed by atoms with van der Waals surface area (Å²) in [5, 5.41) is 5.58. The molecule has 1 aliphatic heterocycles. The normalized spacial score (nSPS) is 20.6. The summed E-state index contributed by atoms with van der Waals surface area (Å²) in [5.74, 6) is 0.111. The van der Waals surface area contributed by atoms with E-state index in [1.165, 1.54) is 0 Å². The van der Waals surface area contributed by atoms with Crippen LogP contribution in [0.4, 0.5) is 0 Å². The highest BCUT2D eigenvalue weighted by molar-refractivity contribution is 8.76. The molecule has 0 aliphatic carbocycles. The molecule has 1 aliphatic rings. The van der Waals surface area contributed by atoms with E-state index in [4.69, 9.17) is 4.74 Å². The monoisotopic (exact) mass is 410 g/mol. The van der Waals surface area contributed by atoms with Gasteiger partial charge in [0, 0.05) is 17.9 Å². The Morgan fingerprint density at radius 3 is 2.67 bits per heavy atom. The zero-order valence-corrected chi connectivity index (χ0v) is 17.5. The second kappa shape index (κ2) is 10.0. The van der Waals surface area contributed by atoms with Crippen molar-refractivity contribution in [2.45, 2.75) is 39.3 Å². The summed E-state index contributed by atoms with van der Waals surface area (Å²) < 4.78 is 5.11. The van der Waals surface area contributed by atoms with Crippen LogP contribution in [0.1, 0.15) is 26.3 Å². The van der Waals surface area contributed by atoms with Gasteiger partial charge in [0.2, 0.25) is 11.8 Å². The first kappa shape index (κ1) is 21.6. The van der Waals surface area contributed by atoms with Crippen LogP contribution in [0.2, 0.25) is 0 Å². The zero-order chi connectivity index (χ0) is 19.9. The minimum Gasteiger partial charge on any atom is -0.464 e. The van der Waals surface area contributed by atoms with E-state index < -0.39 is 23.5 Å². The van der Waals surface area contributed by atoms with Crippen LogP contribution in [0.25, 0.3) is 0 Å². The Hall–Kier alpha value is -1.67. The van der Waals surface area contributed by atoms with Crippen LogP contribution in [0, 0.1) is 5.41 Å². The molecule has 1 aromatic rings. The number of nitrogens with one attached hydrogen (secondary N) is 2. The molecule has 2 unspecified atom stereocenters. The lowest BCUT2D eigenvalue weighted by atomic mass is 9.95. The summed E-state index contributed by atoms with van der Waals surface area (Å²) in [5.41, 5.74) is 0.366. The van der Waals surface area contributed by atoms with E-state index >= 15 is 0 Å². The van der Waals surface area contributed by atoms with Crippen molar-refractivity contribution >= 4 is 39.4 Å². The van der Waals surface area contributed by atoms with Crippen molar-refractivity contribution in [1.82, 2.24) is 10.6 Å². The van der Waals surface area contributed by atoms with Gasteiger partial charge in [0.25, 0.3) is 0 Å². The molecule has 2 atom stereocenters. The number of carbonyl (C=O) groups excluding carboxylic acids is 3. The molecule has 27 heavy (non-hydrogen) atoms. The number of carbonyl (C=O) groups is 3. The van der Waals surface area contributed by atoms with Gasteiger partial charge in [-0.1, -0.05) is 65.8 Å². The summed E-state index contributed by atoms with van der Waals surface area (Å²) in [7, 11) is 3.13. The molecule has 2 N–H and O–H groups in total. The van der Waals surface area contributed by atoms with Gasteiger partial charge in [-0.05, 0) is 12.5 Å². The molecule has 6 nitrogen and oxygen atoms in total. The fraction of sp³-hybridized carbons (Fsp3) is 0.526. The molecule has 1 saturated heterocycles. The molecule has 1 aromatic carbocycles. The summed E-state index contributed by atoms with van der Waals surface area (Å²) >= 11 is 0. The molecule has 1 fully saturated rings. The number of hydrogen-bond donors (Lipinski definition) is 2. The highest BCUT2D eigenvalue weighted by Gasteiger charge is 2.35. The fourth-order valence-electron chi connectivity index (χ4n) is 2.47. The second-order valence-corrected chi connectivity index (χ2v) is 9.47. The number of hydrogen-bond acceptors (Lipinski definition) is 6. The summed E-state index contributed by atoms with van der Waals surface area (Å²) in [6, 6.07) is 7.95. The molecule has 1 heterocycles. The molecular formula is C19H26N2O4S2. The van der Waals surface area contributed by atoms with Gasteiger partial charge in [-0.15, -0.1) is 0 Å². The third-order valence-electron chi connectivity index (χ3n) is 4.14. The minimum absolute atomic E-state index is 0.161. The van der Waals surface area contributed by atoms with Crippen LogP contribution >= 0.6 is 21.6 Å². The maximum Gasteiger partial charge on any atom is 0.328 e. The summed E-state index contributed by atoms with van der Waals surface area (Å²) in [6.45, 7) is 5.67. The average molecular weight is 411 g/mol. The fourth-order valence-corrected chi connectivity index (χ4v) is 5.27. The Balaban J connectivity index is 2.09. The first-order chi connectivity index (χ1) is 12.8. The van der Waals surface area contributed by atoms with Crippen molar-refractivity contribution in [2.75, 3.05) is 18.1 Å². The third-order valence-corrected chi connectivity index (χ3v) is 6.88. The minimum atomic E-state index is -0.798. The van der Waals surface area contributed by atoms with Crippen LogP contribution in [0.3, 0.4) is 0 Å². The predicted octanol–water partition coefficient (Wildman–Crippen LogP) is 2.18. The number of benzene rings is 1. The van der Waals surface area contributed by atoms with Gasteiger partial charge in [0.05, 0.1) is 12.0 Å². The first-order valence-corrected chi connectivity index (χ1v) is 11.4. The molecule has 0 spiro atoms. The third kappa shape index (κ3) is 6.46. The second-order valence-electron chi connectivity index (χ2n) is 6.96. The highest BCUT2D eigenvalue weighted by Crippen LogP contribution is 2.32. The SMILES string of the molecule is CCOC(=O)C(Cc1ccccc1)NC(=O)C1CSSCC(C)(C)C(=O)N1. The standard InChI is InChI=1S/C19H26N2O4S2/c1-4-25-17(23)14(10-13-8-6-5-7-9-13)20-16(22)15-11-26-27-12-19(2,3)18(24)21-15/h5-9,14-15H,4,10-12H2,1-3H3,(H,20,22)(H,21,24). The van der Waals surface area contributed by atoms with Gasteiger partial charge in [-0.2, -0.15) is 0 Å². The Morgan fingerprint density at radius 2 is 2.00 bits per heavy atom. The van der Waals surface area contributed by atoms with Gasteiger partial charge in [0.1, 0.15) is 12.1 Å². The molecule has 0 aromatic heterocycles. The Kier molecular flexibility index (Phi) is 8.04. The molecule has 2 amide bonds. The van der Waals surface area contributed by atoms with Crippen molar-refractivity contribution in [1.29, 1.82) is 0 Å². The van der Waals surface area contributed by atoms with Crippen LogP contribution in [0.15, 0.2) is 30.3 Å². The molecular weight excluding hydrogens is 384 g/mol. The van der Waals surface area contributed by atoms with Crippen molar-refractivity contribution in [2.24, 2.45) is 5.41 Å². The van der Waals surface area contributed by atoms with Gasteiger partial charge < -0.3 is 15.4 Å². The van der Waals surface area contributed by atoms with Gasteiger partial charge in [0.15, 0.2) is 0 Å². The number of amides is 2. The quantitative estimate of drug-likeness (QED) is 0.552. The average Bonchev–Trinajstić information content (AvgIpc) is 2.63. The molecule has 2 rings (SSSR count). The topological polar surface area (TPSA) is 84.5 Å². The van der Waals surface area contributed by atoms with Crippen molar-refractivity contribution in [3.63, 3.8) is 0 Å². The van der Waals surface area contributed by atoms with Crippen molar-refractivity contribution in [3.8, 4) is 0 Å². The van der Waals surface area contributed by atoms with E-state index in [0.29, 0.717) is 17.9 Å². The van der Waals surface area contributed by atoms with Crippen molar-refractivity contribution in [3.05, 3.63) is 35.9 Å². The van der Waals surface area contributed by atoms with E-state index in [-0.39, 0.29) is 18.4 Å². The molecule has 0 bridgehead atoms. The van der Waals surface area contributed by atoms with Gasteiger partial charge >= 0.3 is 5.97 Å². The maximum absolute atomic E-state index is 12.8. The smallest absolute Gasteiger partial charge is 0.328 e. The van der Waals surface area contributed by atoms with Crippen LogP contribution < -0.4 is 10.6 Å². The predicted molar refractivity (Wildman–Crippen MR) is 109 cm³/mol. The van der Waals surface area contributed by atoms with E-state index in [2.05, 4.69) is 10.6 Å². The van der Waals surface area contributed by atoms with Crippen LogP contribution in [-0.2, 0) is 25.5 Å². The van der Waals surface area contributed by atoms with E-state index in [1.54, 1.807) is 28.5 Å². The lowest BCUT2D eigenvalue weighted by Crippen LogP contribution is -2.56. The first-order valence-electron chi connectivity index (χ1n) is 8.90. The number of esters is 1. The maximum atomic E-state index is 12.8. The molecule has 0 radical (unpaired) electrons. The van der Waals surface area contributed by atoms with Crippen LogP contribution in [-0.4, -0.2) is 48.0 Å². The van der Waals surface area contributed by atoms with E-state index in [1.807, 2.05) is 44.2 Å². The molecule has 8 heteroatoms. The van der Waals surface area contributed by atoms with E-state index in [0.717, 1.165) is 5.56 Å². The summed E-state index contributed by atoms with van der Waals surface area (Å²) in [4.78, 5) is 37.5. The zero-order valence-electron chi connectivity index (χ0n) is 15.8.